The van der Waals surface area contributed by atoms with Gasteiger partial charge < -0.3 is 21.5 Å². The Kier molecular flexibility index (Phi) is 24.6. The van der Waals surface area contributed by atoms with Crippen LogP contribution in [0.3, 0.4) is 0 Å². The molecule has 0 spiro atoms. The van der Waals surface area contributed by atoms with Gasteiger partial charge in [-0.25, -0.2) is 0 Å². The van der Waals surface area contributed by atoms with E-state index < -0.39 is 5.09 Å². The largest absolute Gasteiger partial charge is 2.00 e. The van der Waals surface area contributed by atoms with Crippen LogP contribution in [-0.2, 0) is 27.3 Å². The predicted molar refractivity (Wildman–Crippen MR) is 16.3 cm³/mol. The molecule has 0 aromatic rings. The molecule has 6 heteroatoms. The first-order valence-corrected chi connectivity index (χ1v) is 0.548. The van der Waals surface area contributed by atoms with Gasteiger partial charge in [-0.3, -0.25) is 0 Å². The summed E-state index contributed by atoms with van der Waals surface area (Å²) in [5.74, 6) is 0. The van der Waals surface area contributed by atoms with Gasteiger partial charge in [0.25, 0.3) is 0 Å². The van der Waals surface area contributed by atoms with E-state index in [1.807, 2.05) is 0 Å². The van der Waals surface area contributed by atoms with Crippen LogP contribution in [0.1, 0.15) is 0 Å². The first-order valence-electron chi connectivity index (χ1n) is 0.548. The van der Waals surface area contributed by atoms with E-state index in [1.165, 1.54) is 0 Å². The molecule has 0 saturated carbocycles. The first-order chi connectivity index (χ1) is 1.73. The van der Waals surface area contributed by atoms with Gasteiger partial charge in [0.2, 0.25) is 0 Å². The minimum atomic E-state index is -1.75. The molecule has 5 nitrogen and oxygen atoms in total. The average Bonchev–Trinajstić information content (AvgIpc) is 0.811. The topological polar surface area (TPSA) is 103 Å². The Morgan fingerprint density at radius 3 is 1.33 bits per heavy atom. The summed E-state index contributed by atoms with van der Waals surface area (Å²) in [5.41, 5.74) is 0. The van der Waals surface area contributed by atoms with Crippen LogP contribution in [0, 0.1) is 15.3 Å². The second-order valence-corrected chi connectivity index (χ2v) is 0.224. The Labute approximate surface area is 54.2 Å². The third-order valence-corrected chi connectivity index (χ3v) is 0. The summed E-state index contributed by atoms with van der Waals surface area (Å²) in [5, 5.41) is 14.8. The van der Waals surface area contributed by atoms with E-state index in [0.29, 0.717) is 0 Å². The van der Waals surface area contributed by atoms with E-state index >= 15 is 0 Å². The molecule has 32 valence electrons. The van der Waals surface area contributed by atoms with Gasteiger partial charge >= 0.3 is 27.3 Å². The summed E-state index contributed by atoms with van der Waals surface area (Å²) in [7, 11) is 0. The minimum Gasteiger partial charge on any atom is -0.369 e. The zero-order valence-corrected chi connectivity index (χ0v) is 7.42. The Morgan fingerprint density at radius 2 is 1.33 bits per heavy atom. The molecule has 0 rings (SSSR count). The van der Waals surface area contributed by atoms with Gasteiger partial charge in [0.05, 0.1) is 5.09 Å². The van der Waals surface area contributed by atoms with E-state index in [4.69, 9.17) is 15.3 Å². The van der Waals surface area contributed by atoms with Crippen molar-refractivity contribution in [2.45, 2.75) is 0 Å². The van der Waals surface area contributed by atoms with Gasteiger partial charge in [-0.05, 0) is 0 Å². The molecule has 0 amide bonds. The van der Waals surface area contributed by atoms with Gasteiger partial charge in [-0.1, -0.05) is 0 Å². The first kappa shape index (κ1) is 16.5. The molecule has 6 heavy (non-hydrogen) atoms. The maximum absolute atomic E-state index is 8.25. The standard InChI is InChI=1S/Cd.NO3.H3N/c;2-1(3)4;/h;;1H3/q+2;-1;/p+1. The molecule has 0 unspecified atom stereocenters. The Hall–Kier alpha value is 0.0821. The zero-order valence-electron chi connectivity index (χ0n) is 3.38. The third kappa shape index (κ3) is 5760. The summed E-state index contributed by atoms with van der Waals surface area (Å²) in [6, 6.07) is 0. The normalized spacial score (nSPS) is 4.00. The third-order valence-electron chi connectivity index (χ3n) is 0. The average molecular weight is 192 g/mol. The van der Waals surface area contributed by atoms with Crippen LogP contribution in [0.5, 0.6) is 0 Å². The number of rotatable bonds is 0. The van der Waals surface area contributed by atoms with Crippen molar-refractivity contribution < 1.29 is 32.4 Å². The molecular formula is H4CdN2O3+2. The molecule has 0 heterocycles. The quantitative estimate of drug-likeness (QED) is 0.335. The molecule has 0 radical (unpaired) electrons. The van der Waals surface area contributed by atoms with Crippen molar-refractivity contribution in [1.82, 2.24) is 6.15 Å². The van der Waals surface area contributed by atoms with Crippen LogP contribution in [-0.4, -0.2) is 5.09 Å². The fraction of sp³-hybridized carbons (Fsp3) is 0. The molecule has 0 aliphatic heterocycles. The van der Waals surface area contributed by atoms with E-state index in [0.717, 1.165) is 0 Å². The Bertz CT molecular complexity index is 31.8. The van der Waals surface area contributed by atoms with Crippen molar-refractivity contribution in [3.63, 3.8) is 0 Å². The van der Waals surface area contributed by atoms with Gasteiger partial charge in [0, 0.05) is 0 Å². The Balaban J connectivity index is -0.0000000450. The Morgan fingerprint density at radius 1 is 1.33 bits per heavy atom. The molecular weight excluding hydrogens is 188 g/mol. The molecule has 0 saturated heterocycles. The van der Waals surface area contributed by atoms with Crippen molar-refractivity contribution >= 4 is 0 Å². The van der Waals surface area contributed by atoms with Crippen LogP contribution in [0.15, 0.2) is 0 Å². The van der Waals surface area contributed by atoms with Gasteiger partial charge in [-0.2, -0.15) is 0 Å². The predicted octanol–water partition coefficient (Wildman–Crippen LogP) is 0.135. The zero-order chi connectivity index (χ0) is 3.58. The molecule has 0 aromatic heterocycles. The summed E-state index contributed by atoms with van der Waals surface area (Å²) < 4.78 is 0. The van der Waals surface area contributed by atoms with Gasteiger partial charge in [-0.15, -0.1) is 0 Å². The van der Waals surface area contributed by atoms with Crippen LogP contribution in [0.4, 0.5) is 0 Å². The second kappa shape index (κ2) is 8.91. The van der Waals surface area contributed by atoms with Crippen molar-refractivity contribution in [3.05, 3.63) is 15.3 Å². The van der Waals surface area contributed by atoms with Crippen molar-refractivity contribution in [3.8, 4) is 0 Å². The molecule has 0 aliphatic carbocycles. The molecule has 0 bridgehead atoms. The number of nitrogens with zero attached hydrogens (tertiary/aromatic N) is 1. The molecule has 4 N–H and O–H groups in total. The van der Waals surface area contributed by atoms with Crippen LogP contribution in [0.25, 0.3) is 0 Å². The van der Waals surface area contributed by atoms with Crippen LogP contribution in [0.2, 0.25) is 0 Å². The van der Waals surface area contributed by atoms with Crippen LogP contribution < -0.4 is 6.15 Å². The number of hydrogen-bond acceptors (Lipinski definition) is 3. The fourth-order valence-electron chi connectivity index (χ4n) is 0. The molecule has 0 aromatic carbocycles. The molecule has 0 fully saturated rings. The van der Waals surface area contributed by atoms with Crippen molar-refractivity contribution in [2.24, 2.45) is 0 Å². The SMILES string of the molecule is O=[N+]([O-])[O-].[Cd+2].[NH4+]. The monoisotopic (exact) mass is 194 g/mol. The molecule has 0 atom stereocenters. The molecule has 0 aliphatic rings. The minimum absolute atomic E-state index is 0. The van der Waals surface area contributed by atoms with Crippen LogP contribution >= 0.6 is 0 Å². The van der Waals surface area contributed by atoms with Gasteiger partial charge in [0.1, 0.15) is 0 Å². The van der Waals surface area contributed by atoms with E-state index in [9.17, 15) is 0 Å². The summed E-state index contributed by atoms with van der Waals surface area (Å²) in [4.78, 5) is 8.25. The van der Waals surface area contributed by atoms with E-state index in [-0.39, 0.29) is 33.4 Å². The number of hydrogen-bond donors (Lipinski definition) is 1. The smallest absolute Gasteiger partial charge is 0.369 e. The second-order valence-electron chi connectivity index (χ2n) is 0.224. The maximum atomic E-state index is 8.25. The van der Waals surface area contributed by atoms with Crippen molar-refractivity contribution in [2.75, 3.05) is 0 Å². The van der Waals surface area contributed by atoms with Crippen molar-refractivity contribution in [1.29, 1.82) is 0 Å². The summed E-state index contributed by atoms with van der Waals surface area (Å²) in [6.07, 6.45) is 0. The fourth-order valence-corrected chi connectivity index (χ4v) is 0. The summed E-state index contributed by atoms with van der Waals surface area (Å²) >= 11 is 0. The maximum Gasteiger partial charge on any atom is 2.00 e. The van der Waals surface area contributed by atoms with E-state index in [1.54, 1.807) is 0 Å². The number of quaternary nitrogens is 1. The summed E-state index contributed by atoms with van der Waals surface area (Å²) in [6.45, 7) is 0. The van der Waals surface area contributed by atoms with Gasteiger partial charge in [0.15, 0.2) is 0 Å². The van der Waals surface area contributed by atoms with E-state index in [2.05, 4.69) is 0 Å².